The molecule has 0 N–H and O–H groups in total. The lowest BCUT2D eigenvalue weighted by Crippen LogP contribution is -2.35. The third-order valence-corrected chi connectivity index (χ3v) is 6.47. The van der Waals surface area contributed by atoms with Crippen molar-refractivity contribution in [1.29, 1.82) is 0 Å². The minimum absolute atomic E-state index is 0.0918. The minimum Gasteiger partial charge on any atom is -0.356 e. The first-order valence-electron chi connectivity index (χ1n) is 9.99. The van der Waals surface area contributed by atoms with Gasteiger partial charge in [-0.05, 0) is 18.9 Å². The Labute approximate surface area is 163 Å². The van der Waals surface area contributed by atoms with E-state index in [-0.39, 0.29) is 11.5 Å². The van der Waals surface area contributed by atoms with Gasteiger partial charge in [-0.3, -0.25) is 9.59 Å². The van der Waals surface area contributed by atoms with Crippen LogP contribution in [0.15, 0.2) is 29.3 Å². The molecule has 1 amide bonds. The number of anilines is 1. The fourth-order valence-electron chi connectivity index (χ4n) is 4.59. The molecule has 3 aliphatic rings. The predicted octanol–water partition coefficient (Wildman–Crippen LogP) is 1.05. The van der Waals surface area contributed by atoms with Crippen LogP contribution >= 0.6 is 0 Å². The van der Waals surface area contributed by atoms with E-state index in [1.165, 1.54) is 41.8 Å². The molecule has 0 spiro atoms. The number of carbonyl (C=O) groups is 1. The summed E-state index contributed by atoms with van der Waals surface area (Å²) in [5.74, 6) is 2.42. The van der Waals surface area contributed by atoms with Crippen molar-refractivity contribution in [3.8, 4) is 0 Å². The summed E-state index contributed by atoms with van der Waals surface area (Å²) in [5, 5.41) is 4.10. The van der Waals surface area contributed by atoms with Crippen LogP contribution in [0.5, 0.6) is 0 Å². The summed E-state index contributed by atoms with van der Waals surface area (Å²) >= 11 is 0. The highest BCUT2D eigenvalue weighted by Crippen LogP contribution is 2.38. The van der Waals surface area contributed by atoms with Gasteiger partial charge in [-0.2, -0.15) is 5.10 Å². The zero-order chi connectivity index (χ0) is 19.3. The summed E-state index contributed by atoms with van der Waals surface area (Å²) in [6.07, 6.45) is 5.46. The highest BCUT2D eigenvalue weighted by molar-refractivity contribution is 5.92. The van der Waals surface area contributed by atoms with E-state index in [4.69, 9.17) is 0 Å². The van der Waals surface area contributed by atoms with E-state index < -0.39 is 0 Å². The number of aryl methyl sites for hydroxylation is 1. The summed E-state index contributed by atoms with van der Waals surface area (Å²) in [4.78, 5) is 37.4. The monoisotopic (exact) mass is 380 g/mol. The van der Waals surface area contributed by atoms with Gasteiger partial charge in [0.05, 0.1) is 0 Å². The van der Waals surface area contributed by atoms with Gasteiger partial charge < -0.3 is 9.80 Å². The molecule has 1 aliphatic carbocycles. The molecule has 2 saturated heterocycles. The van der Waals surface area contributed by atoms with E-state index >= 15 is 0 Å². The second kappa shape index (κ2) is 6.68. The Bertz CT molecular complexity index is 955. The van der Waals surface area contributed by atoms with Gasteiger partial charge >= 0.3 is 0 Å². The van der Waals surface area contributed by atoms with Crippen molar-refractivity contribution in [2.45, 2.75) is 25.2 Å². The number of hydrogen-bond donors (Lipinski definition) is 0. The first-order chi connectivity index (χ1) is 13.6. The topological polar surface area (TPSA) is 84.2 Å². The minimum atomic E-state index is -0.211. The van der Waals surface area contributed by atoms with Crippen LogP contribution in [0, 0.1) is 11.8 Å². The van der Waals surface area contributed by atoms with Crippen LogP contribution in [0.25, 0.3) is 0 Å². The largest absolute Gasteiger partial charge is 0.356 e. The third-order valence-electron chi connectivity index (χ3n) is 6.47. The van der Waals surface area contributed by atoms with Crippen LogP contribution in [0.1, 0.15) is 41.4 Å². The number of nitrogens with zero attached hydrogens (tertiary/aromatic N) is 6. The molecule has 2 aromatic heterocycles. The van der Waals surface area contributed by atoms with E-state index in [0.717, 1.165) is 32.0 Å². The molecule has 2 aliphatic heterocycles. The summed E-state index contributed by atoms with van der Waals surface area (Å²) in [7, 11) is 1.56. The van der Waals surface area contributed by atoms with Gasteiger partial charge in [0.1, 0.15) is 17.8 Å². The van der Waals surface area contributed by atoms with E-state index in [1.54, 1.807) is 13.4 Å². The van der Waals surface area contributed by atoms with Gasteiger partial charge in [0, 0.05) is 68.8 Å². The molecular weight excluding hydrogens is 356 g/mol. The zero-order valence-corrected chi connectivity index (χ0v) is 16.0. The molecule has 4 heterocycles. The molecule has 28 heavy (non-hydrogen) atoms. The van der Waals surface area contributed by atoms with Crippen molar-refractivity contribution in [3.05, 3.63) is 46.3 Å². The Morgan fingerprint density at radius 2 is 1.82 bits per heavy atom. The molecule has 0 aromatic carbocycles. The average molecular weight is 380 g/mol. The van der Waals surface area contributed by atoms with Crippen LogP contribution in [-0.2, 0) is 7.05 Å². The van der Waals surface area contributed by atoms with Crippen molar-refractivity contribution in [2.75, 3.05) is 31.1 Å². The van der Waals surface area contributed by atoms with Crippen molar-refractivity contribution in [2.24, 2.45) is 18.9 Å². The molecular formula is C20H24N6O2. The average Bonchev–Trinajstić information content (AvgIpc) is 3.21. The van der Waals surface area contributed by atoms with Crippen LogP contribution in [0.4, 0.5) is 5.82 Å². The fraction of sp³-hybridized carbons (Fsp3) is 0.550. The maximum Gasteiger partial charge on any atom is 0.274 e. The number of fused-ring (bicyclic) bond motifs is 1. The molecule has 2 aromatic rings. The van der Waals surface area contributed by atoms with E-state index in [9.17, 15) is 9.59 Å². The summed E-state index contributed by atoms with van der Waals surface area (Å²) in [5.41, 5.74) is 1.29. The highest BCUT2D eigenvalue weighted by atomic mass is 16.2. The van der Waals surface area contributed by atoms with Gasteiger partial charge in [-0.25, -0.2) is 14.6 Å². The molecule has 146 valence electrons. The summed E-state index contributed by atoms with van der Waals surface area (Å²) in [6, 6.07) is 5.07. The third kappa shape index (κ3) is 2.96. The van der Waals surface area contributed by atoms with E-state index in [2.05, 4.69) is 26.0 Å². The second-order valence-electron chi connectivity index (χ2n) is 8.24. The number of amides is 1. The van der Waals surface area contributed by atoms with Gasteiger partial charge in [0.2, 0.25) is 0 Å². The maximum absolute atomic E-state index is 12.8. The van der Waals surface area contributed by atoms with Gasteiger partial charge in [-0.15, -0.1) is 0 Å². The molecule has 0 bridgehead atoms. The summed E-state index contributed by atoms with van der Waals surface area (Å²) < 4.78 is 1.21. The second-order valence-corrected chi connectivity index (χ2v) is 8.24. The van der Waals surface area contributed by atoms with Crippen molar-refractivity contribution >= 4 is 11.7 Å². The Morgan fingerprint density at radius 3 is 2.46 bits per heavy atom. The molecule has 0 radical (unpaired) electrons. The van der Waals surface area contributed by atoms with Crippen molar-refractivity contribution in [1.82, 2.24) is 24.6 Å². The molecule has 2 unspecified atom stereocenters. The van der Waals surface area contributed by atoms with Gasteiger partial charge in [0.15, 0.2) is 0 Å². The number of aromatic nitrogens is 4. The zero-order valence-electron chi connectivity index (χ0n) is 16.0. The number of hydrogen-bond acceptors (Lipinski definition) is 6. The maximum atomic E-state index is 12.8. The molecule has 2 atom stereocenters. The molecule has 8 nitrogen and oxygen atoms in total. The molecule has 1 saturated carbocycles. The first kappa shape index (κ1) is 17.3. The lowest BCUT2D eigenvalue weighted by Gasteiger charge is -2.26. The van der Waals surface area contributed by atoms with Crippen molar-refractivity contribution < 1.29 is 4.79 Å². The number of carbonyl (C=O) groups excluding carboxylic acids is 1. The van der Waals surface area contributed by atoms with E-state index in [0.29, 0.717) is 23.4 Å². The van der Waals surface area contributed by atoms with Crippen LogP contribution in [-0.4, -0.2) is 56.7 Å². The van der Waals surface area contributed by atoms with Gasteiger partial charge in [0.25, 0.3) is 11.5 Å². The Morgan fingerprint density at radius 1 is 1.07 bits per heavy atom. The molecule has 5 rings (SSSR count). The predicted molar refractivity (Wildman–Crippen MR) is 103 cm³/mol. The molecule has 3 fully saturated rings. The first-order valence-corrected chi connectivity index (χ1v) is 9.99. The summed E-state index contributed by atoms with van der Waals surface area (Å²) in [6.45, 7) is 3.28. The number of likely N-dealkylation sites (tertiary alicyclic amines) is 1. The van der Waals surface area contributed by atoms with E-state index in [1.807, 2.05) is 4.90 Å². The lowest BCUT2D eigenvalue weighted by molar-refractivity contribution is 0.0774. The number of rotatable bonds is 3. The van der Waals surface area contributed by atoms with Gasteiger partial charge in [-0.1, -0.05) is 6.42 Å². The van der Waals surface area contributed by atoms with Crippen LogP contribution in [0.3, 0.4) is 0 Å². The fourth-order valence-corrected chi connectivity index (χ4v) is 4.59. The normalized spacial score (nSPS) is 24.3. The Kier molecular flexibility index (Phi) is 4.14. The molecule has 8 heteroatoms. The van der Waals surface area contributed by atoms with Crippen LogP contribution < -0.4 is 10.5 Å². The smallest absolute Gasteiger partial charge is 0.274 e. The Hall–Kier alpha value is -2.77. The standard InChI is InChI=1S/C20H24N6O2/c1-24-19(27)6-5-16(23-24)20(28)26-10-14-8-25(9-15(14)11-26)18-7-17(21-12-22-18)13-3-2-4-13/h5-7,12-15H,2-4,8-11H2,1H3. The van der Waals surface area contributed by atoms with Crippen LogP contribution in [0.2, 0.25) is 0 Å². The lowest BCUT2D eigenvalue weighted by atomic mass is 9.83. The SMILES string of the molecule is Cn1nc(C(=O)N2CC3CN(c4cc(C5CCC5)ncn4)CC3C2)ccc1=O. The van der Waals surface area contributed by atoms with Crippen molar-refractivity contribution in [3.63, 3.8) is 0 Å². The Balaban J connectivity index is 1.25. The quantitative estimate of drug-likeness (QED) is 0.791. The highest BCUT2D eigenvalue weighted by Gasteiger charge is 2.42.